The van der Waals surface area contributed by atoms with E-state index in [0.717, 1.165) is 12.0 Å². The quantitative estimate of drug-likeness (QED) is 0.147. The summed E-state index contributed by atoms with van der Waals surface area (Å²) in [6.07, 6.45) is 0. The van der Waals surface area contributed by atoms with Gasteiger partial charge in [-0.15, -0.1) is 0 Å². The Bertz CT molecular complexity index is 2020. The summed E-state index contributed by atoms with van der Waals surface area (Å²) >= 11 is 44.1. The number of ether oxygens (including phenoxy) is 1. The van der Waals surface area contributed by atoms with Crippen molar-refractivity contribution in [3.8, 4) is 0 Å². The van der Waals surface area contributed by atoms with Gasteiger partial charge < -0.3 is 10.1 Å². The van der Waals surface area contributed by atoms with Crippen molar-refractivity contribution in [1.29, 1.82) is 0 Å². The van der Waals surface area contributed by atoms with Crippen LogP contribution in [0.2, 0.25) is 35.2 Å². The number of methoxy groups -OCH3 is 1. The summed E-state index contributed by atoms with van der Waals surface area (Å²) < 4.78 is 4.49. The van der Waals surface area contributed by atoms with Crippen LogP contribution in [-0.4, -0.2) is 49.2 Å². The average Bonchev–Trinajstić information content (AvgIpc) is 3.28. The Labute approximate surface area is 312 Å². The van der Waals surface area contributed by atoms with Crippen molar-refractivity contribution in [2.24, 2.45) is 0 Å². The number of rotatable bonds is 7. The predicted molar refractivity (Wildman–Crippen MR) is 187 cm³/mol. The fourth-order valence-electron chi connectivity index (χ4n) is 4.79. The number of hydrogen-bond donors (Lipinski definition) is 1. The zero-order valence-corrected chi connectivity index (χ0v) is 29.7. The third-order valence-electron chi connectivity index (χ3n) is 7.05. The topological polar surface area (TPSA) is 130 Å². The molecule has 0 aromatic heterocycles. The molecule has 1 aliphatic heterocycles. The molecule has 4 aromatic rings. The first-order valence-electron chi connectivity index (χ1n) is 13.5. The smallest absolute Gasteiger partial charge is 0.325 e. The standard InChI is InChI=1S/C32H16Cl7N3O7/c1-49-25(43)12-40-28(44)13-2-4-17-18(6-13)30(46)41(29(17)45)16-3-5-24(19(35)11-16)42(31(47)26-20(36)7-14(33)8-21(26)37)32(48)27-22(38)9-15(34)10-23(27)39/h2-11H,12H2,1H3,(H,40,44). The van der Waals surface area contributed by atoms with Crippen molar-refractivity contribution in [2.75, 3.05) is 23.5 Å². The minimum Gasteiger partial charge on any atom is -0.468 e. The van der Waals surface area contributed by atoms with E-state index < -0.39 is 42.0 Å². The van der Waals surface area contributed by atoms with Crippen LogP contribution in [0.1, 0.15) is 51.8 Å². The van der Waals surface area contributed by atoms with Crippen LogP contribution in [0.5, 0.6) is 0 Å². The molecule has 1 N–H and O–H groups in total. The van der Waals surface area contributed by atoms with Crippen molar-refractivity contribution in [3.05, 3.63) is 124 Å². The molecule has 49 heavy (non-hydrogen) atoms. The molecule has 0 unspecified atom stereocenters. The number of carbonyl (C=O) groups is 6. The molecule has 0 saturated carbocycles. The van der Waals surface area contributed by atoms with Crippen LogP contribution in [0.25, 0.3) is 0 Å². The molecular formula is C32H16Cl7N3O7. The first-order chi connectivity index (χ1) is 23.1. The molecule has 5 amide bonds. The molecule has 1 aliphatic rings. The molecule has 0 spiro atoms. The van der Waals surface area contributed by atoms with E-state index in [4.69, 9.17) is 81.2 Å². The number of anilines is 2. The van der Waals surface area contributed by atoms with E-state index in [1.807, 2.05) is 0 Å². The predicted octanol–water partition coefficient (Wildman–Crippen LogP) is 8.45. The fraction of sp³-hybridized carbons (Fsp3) is 0.0625. The lowest BCUT2D eigenvalue weighted by molar-refractivity contribution is -0.139. The third-order valence-corrected chi connectivity index (χ3v) is 8.98. The number of benzene rings is 4. The van der Waals surface area contributed by atoms with Gasteiger partial charge in [-0.2, -0.15) is 0 Å². The van der Waals surface area contributed by atoms with E-state index in [9.17, 15) is 28.8 Å². The number of imide groups is 2. The van der Waals surface area contributed by atoms with Crippen molar-refractivity contribution in [3.63, 3.8) is 0 Å². The van der Waals surface area contributed by atoms with Crippen molar-refractivity contribution in [2.45, 2.75) is 0 Å². The molecule has 4 aromatic carbocycles. The number of hydrogen-bond acceptors (Lipinski definition) is 7. The van der Waals surface area contributed by atoms with Gasteiger partial charge in [-0.25, -0.2) is 9.80 Å². The molecule has 0 saturated heterocycles. The van der Waals surface area contributed by atoms with Crippen LogP contribution >= 0.6 is 81.2 Å². The van der Waals surface area contributed by atoms with Crippen LogP contribution in [-0.2, 0) is 9.53 Å². The number of nitrogens with zero attached hydrogens (tertiary/aromatic N) is 2. The van der Waals surface area contributed by atoms with Gasteiger partial charge in [-0.1, -0.05) is 81.2 Å². The Morgan fingerprint density at radius 3 is 1.67 bits per heavy atom. The summed E-state index contributed by atoms with van der Waals surface area (Å²) in [5, 5.41) is 1.55. The lowest BCUT2D eigenvalue weighted by Crippen LogP contribution is -2.38. The van der Waals surface area contributed by atoms with Crippen LogP contribution in [0.4, 0.5) is 11.4 Å². The van der Waals surface area contributed by atoms with E-state index in [1.165, 1.54) is 60.7 Å². The van der Waals surface area contributed by atoms with E-state index in [2.05, 4.69) is 10.1 Å². The second-order valence-electron chi connectivity index (χ2n) is 10.0. The number of carbonyl (C=O) groups excluding carboxylic acids is 6. The molecule has 0 aliphatic carbocycles. The summed E-state index contributed by atoms with van der Waals surface area (Å²) in [6, 6.07) is 12.4. The molecule has 0 bridgehead atoms. The maximum Gasteiger partial charge on any atom is 0.325 e. The highest BCUT2D eigenvalue weighted by atomic mass is 35.5. The van der Waals surface area contributed by atoms with E-state index in [-0.39, 0.29) is 74.4 Å². The summed E-state index contributed by atoms with van der Waals surface area (Å²) in [5.41, 5.74) is -0.996. The van der Waals surface area contributed by atoms with Crippen molar-refractivity contribution >= 4 is 128 Å². The van der Waals surface area contributed by atoms with Gasteiger partial charge in [0.2, 0.25) is 0 Å². The van der Waals surface area contributed by atoms with Crippen molar-refractivity contribution in [1.82, 2.24) is 5.32 Å². The molecule has 10 nitrogen and oxygen atoms in total. The van der Waals surface area contributed by atoms with E-state index in [0.29, 0.717) is 4.90 Å². The molecule has 0 radical (unpaired) electrons. The molecular weight excluding hydrogens is 787 g/mol. The second kappa shape index (κ2) is 14.5. The van der Waals surface area contributed by atoms with Crippen LogP contribution in [0.3, 0.4) is 0 Å². The summed E-state index contributed by atoms with van der Waals surface area (Å²) in [5.74, 6) is -5.01. The number of nitrogens with one attached hydrogen (secondary N) is 1. The lowest BCUT2D eigenvalue weighted by Gasteiger charge is -2.25. The zero-order valence-electron chi connectivity index (χ0n) is 24.4. The Morgan fingerprint density at radius 2 is 1.18 bits per heavy atom. The second-order valence-corrected chi connectivity index (χ2v) is 12.9. The Morgan fingerprint density at radius 1 is 0.673 bits per heavy atom. The summed E-state index contributed by atoms with van der Waals surface area (Å²) in [7, 11) is 1.16. The van der Waals surface area contributed by atoms with Gasteiger partial charge in [0.05, 0.1) is 65.9 Å². The maximum absolute atomic E-state index is 14.1. The number of esters is 1. The van der Waals surface area contributed by atoms with Gasteiger partial charge in [0.25, 0.3) is 29.5 Å². The van der Waals surface area contributed by atoms with Gasteiger partial charge in [0.1, 0.15) is 6.54 Å². The fourth-order valence-corrected chi connectivity index (χ4v) is 7.00. The number of fused-ring (bicyclic) bond motifs is 1. The van der Waals surface area contributed by atoms with Crippen molar-refractivity contribution < 1.29 is 33.5 Å². The molecule has 1 heterocycles. The minimum absolute atomic E-state index is 0.00532. The van der Waals surface area contributed by atoms with Crippen LogP contribution in [0.15, 0.2) is 60.7 Å². The van der Waals surface area contributed by atoms with Crippen LogP contribution < -0.4 is 15.1 Å². The van der Waals surface area contributed by atoms with Gasteiger partial charge in [0.15, 0.2) is 0 Å². The monoisotopic (exact) mass is 799 g/mol. The summed E-state index contributed by atoms with van der Waals surface area (Å²) in [4.78, 5) is 80.4. The van der Waals surface area contributed by atoms with Gasteiger partial charge >= 0.3 is 5.97 Å². The Kier molecular flexibility index (Phi) is 10.8. The molecule has 0 fully saturated rings. The lowest BCUT2D eigenvalue weighted by atomic mass is 10.1. The third kappa shape index (κ3) is 7.09. The highest BCUT2D eigenvalue weighted by Gasteiger charge is 2.39. The van der Waals surface area contributed by atoms with Gasteiger partial charge in [0, 0.05) is 15.6 Å². The largest absolute Gasteiger partial charge is 0.468 e. The SMILES string of the molecule is COC(=O)CNC(=O)c1ccc2c(c1)C(=O)N(c1ccc(N(C(=O)c3c(Cl)cc(Cl)cc3Cl)C(=O)c3c(Cl)cc(Cl)cc3Cl)c(Cl)c1)C2=O. The molecule has 17 heteroatoms. The highest BCUT2D eigenvalue weighted by Crippen LogP contribution is 2.39. The highest BCUT2D eigenvalue weighted by molar-refractivity contribution is 6.48. The van der Waals surface area contributed by atoms with Crippen LogP contribution in [0, 0.1) is 0 Å². The maximum atomic E-state index is 14.1. The number of halogens is 7. The normalized spacial score (nSPS) is 12.1. The van der Waals surface area contributed by atoms with Gasteiger partial charge in [-0.05, 0) is 60.7 Å². The van der Waals surface area contributed by atoms with E-state index >= 15 is 0 Å². The molecule has 0 atom stereocenters. The van der Waals surface area contributed by atoms with E-state index in [1.54, 1.807) is 0 Å². The molecule has 250 valence electrons. The Balaban J connectivity index is 1.55. The number of amides is 5. The Hall–Kier alpha value is -3.87. The average molecular weight is 803 g/mol. The first kappa shape index (κ1) is 36.4. The van der Waals surface area contributed by atoms with Gasteiger partial charge in [-0.3, -0.25) is 28.8 Å². The first-order valence-corrected chi connectivity index (χ1v) is 16.1. The minimum atomic E-state index is -1.05. The summed E-state index contributed by atoms with van der Waals surface area (Å²) in [6.45, 7) is -0.412. The zero-order chi connectivity index (χ0) is 35.9. The molecule has 5 rings (SSSR count).